The van der Waals surface area contributed by atoms with E-state index in [1.165, 1.54) is 0 Å². The molecule has 2 aromatic rings. The first-order valence-corrected chi connectivity index (χ1v) is 6.80. The van der Waals surface area contributed by atoms with Crippen molar-refractivity contribution in [3.05, 3.63) is 59.9 Å². The monoisotopic (exact) mass is 281 g/mol. The van der Waals surface area contributed by atoms with Gasteiger partial charge in [0.05, 0.1) is 18.2 Å². The summed E-state index contributed by atoms with van der Waals surface area (Å²) in [6.07, 6.45) is 1.86. The predicted octanol–water partition coefficient (Wildman–Crippen LogP) is 1.82. The maximum atomic E-state index is 12.4. The zero-order valence-corrected chi connectivity index (χ0v) is 11.4. The Morgan fingerprint density at radius 1 is 1.24 bits per heavy atom. The van der Waals surface area contributed by atoms with Crippen molar-refractivity contribution in [1.82, 2.24) is 10.3 Å². The normalized spacial score (nSPS) is 16.8. The lowest BCUT2D eigenvalue weighted by atomic mass is 9.90. The Morgan fingerprint density at radius 2 is 2.05 bits per heavy atom. The highest BCUT2D eigenvalue weighted by atomic mass is 16.2. The highest BCUT2D eigenvalue weighted by Gasteiger charge is 2.30. The molecule has 0 radical (unpaired) electrons. The van der Waals surface area contributed by atoms with Crippen molar-refractivity contribution in [2.75, 3.05) is 5.32 Å². The number of pyridine rings is 1. The Labute approximate surface area is 122 Å². The van der Waals surface area contributed by atoms with E-state index in [4.69, 9.17) is 0 Å². The van der Waals surface area contributed by atoms with Gasteiger partial charge in [0.25, 0.3) is 0 Å². The van der Waals surface area contributed by atoms with Gasteiger partial charge < -0.3 is 10.6 Å². The lowest BCUT2D eigenvalue weighted by molar-refractivity contribution is -0.126. The fourth-order valence-electron chi connectivity index (χ4n) is 2.45. The van der Waals surface area contributed by atoms with Gasteiger partial charge in [-0.05, 0) is 23.8 Å². The first-order valence-electron chi connectivity index (χ1n) is 6.80. The summed E-state index contributed by atoms with van der Waals surface area (Å²) in [6.45, 7) is 0.361. The molecule has 2 N–H and O–H groups in total. The van der Waals surface area contributed by atoms with Crippen molar-refractivity contribution in [2.24, 2.45) is 0 Å². The molecule has 1 aromatic carbocycles. The number of nitrogens with zero attached hydrogens (tertiary/aromatic N) is 1. The molecule has 1 aliphatic heterocycles. The minimum absolute atomic E-state index is 0.133. The molecule has 0 spiro atoms. The molecule has 3 rings (SSSR count). The molecular formula is C16H15N3O2. The first kappa shape index (κ1) is 13.3. The van der Waals surface area contributed by atoms with E-state index in [2.05, 4.69) is 15.6 Å². The van der Waals surface area contributed by atoms with Crippen LogP contribution < -0.4 is 10.6 Å². The summed E-state index contributed by atoms with van der Waals surface area (Å²) >= 11 is 0. The van der Waals surface area contributed by atoms with E-state index in [1.807, 2.05) is 42.5 Å². The number of carbonyl (C=O) groups excluding carboxylic acids is 2. The number of aromatic nitrogens is 1. The number of anilines is 1. The van der Waals surface area contributed by atoms with Gasteiger partial charge in [-0.1, -0.05) is 24.3 Å². The van der Waals surface area contributed by atoms with Crippen molar-refractivity contribution < 1.29 is 9.59 Å². The Hall–Kier alpha value is -2.69. The molecule has 2 heterocycles. The summed E-state index contributed by atoms with van der Waals surface area (Å²) in [5.41, 5.74) is 2.36. The molecule has 2 amide bonds. The topological polar surface area (TPSA) is 71.1 Å². The molecule has 106 valence electrons. The van der Waals surface area contributed by atoms with Crippen LogP contribution in [0, 0.1) is 0 Å². The third-order valence-electron chi connectivity index (χ3n) is 3.49. The van der Waals surface area contributed by atoms with Crippen molar-refractivity contribution in [3.63, 3.8) is 0 Å². The molecule has 1 aliphatic rings. The standard InChI is InChI=1S/C16H15N3O2/c20-15-9-13(12-6-1-2-7-14(12)19-15)16(21)18-10-11-5-3-4-8-17-11/h1-8,13H,9-10H2,(H,18,21)(H,19,20). The largest absolute Gasteiger partial charge is 0.350 e. The zero-order chi connectivity index (χ0) is 14.7. The van der Waals surface area contributed by atoms with E-state index < -0.39 is 5.92 Å². The summed E-state index contributed by atoms with van der Waals surface area (Å²) < 4.78 is 0. The zero-order valence-electron chi connectivity index (χ0n) is 11.4. The Bertz CT molecular complexity index is 670. The molecule has 5 heteroatoms. The molecule has 0 aliphatic carbocycles. The number of amides is 2. The summed E-state index contributed by atoms with van der Waals surface area (Å²) in [5, 5.41) is 5.64. The van der Waals surface area contributed by atoms with Gasteiger partial charge in [-0.3, -0.25) is 14.6 Å². The summed E-state index contributed by atoms with van der Waals surface area (Å²) in [4.78, 5) is 28.2. The van der Waals surface area contributed by atoms with Crippen LogP contribution in [0.1, 0.15) is 23.6 Å². The van der Waals surface area contributed by atoms with Crippen molar-refractivity contribution in [3.8, 4) is 0 Å². The van der Waals surface area contributed by atoms with Crippen LogP contribution in [0.2, 0.25) is 0 Å². The molecule has 0 fully saturated rings. The molecule has 1 aromatic heterocycles. The van der Waals surface area contributed by atoms with Crippen molar-refractivity contribution in [2.45, 2.75) is 18.9 Å². The average molecular weight is 281 g/mol. The van der Waals surface area contributed by atoms with Crippen LogP contribution in [0.4, 0.5) is 5.69 Å². The van der Waals surface area contributed by atoms with Crippen LogP contribution in [0.5, 0.6) is 0 Å². The number of para-hydroxylation sites is 1. The first-order chi connectivity index (χ1) is 10.2. The summed E-state index contributed by atoms with van der Waals surface area (Å²) in [6, 6.07) is 12.9. The predicted molar refractivity (Wildman–Crippen MR) is 78.5 cm³/mol. The molecular weight excluding hydrogens is 266 g/mol. The van der Waals surface area contributed by atoms with E-state index in [9.17, 15) is 9.59 Å². The van der Waals surface area contributed by atoms with Gasteiger partial charge in [-0.25, -0.2) is 0 Å². The molecule has 21 heavy (non-hydrogen) atoms. The SMILES string of the molecule is O=C1CC(C(=O)NCc2ccccn2)c2ccccc2N1. The van der Waals surface area contributed by atoms with E-state index in [0.717, 1.165) is 11.3 Å². The number of benzene rings is 1. The Morgan fingerprint density at radius 3 is 2.86 bits per heavy atom. The van der Waals surface area contributed by atoms with E-state index in [0.29, 0.717) is 12.2 Å². The molecule has 0 bridgehead atoms. The highest BCUT2D eigenvalue weighted by molar-refractivity contribution is 6.01. The fraction of sp³-hybridized carbons (Fsp3) is 0.188. The van der Waals surface area contributed by atoms with Gasteiger partial charge in [-0.15, -0.1) is 0 Å². The van der Waals surface area contributed by atoms with Gasteiger partial charge in [0, 0.05) is 18.3 Å². The van der Waals surface area contributed by atoms with E-state index in [-0.39, 0.29) is 18.2 Å². The van der Waals surface area contributed by atoms with Crippen LogP contribution in [0.25, 0.3) is 0 Å². The molecule has 1 atom stereocenters. The lowest BCUT2D eigenvalue weighted by Gasteiger charge is -2.24. The van der Waals surface area contributed by atoms with Crippen LogP contribution in [0.15, 0.2) is 48.7 Å². The smallest absolute Gasteiger partial charge is 0.228 e. The number of rotatable bonds is 3. The Balaban J connectivity index is 1.74. The maximum Gasteiger partial charge on any atom is 0.228 e. The van der Waals surface area contributed by atoms with Crippen LogP contribution >= 0.6 is 0 Å². The van der Waals surface area contributed by atoms with Gasteiger partial charge in [-0.2, -0.15) is 0 Å². The second kappa shape index (κ2) is 5.75. The molecule has 0 saturated carbocycles. The quantitative estimate of drug-likeness (QED) is 0.901. The second-order valence-corrected chi connectivity index (χ2v) is 4.93. The van der Waals surface area contributed by atoms with E-state index >= 15 is 0 Å². The maximum absolute atomic E-state index is 12.4. The highest BCUT2D eigenvalue weighted by Crippen LogP contribution is 2.31. The van der Waals surface area contributed by atoms with Crippen LogP contribution in [-0.4, -0.2) is 16.8 Å². The molecule has 1 unspecified atom stereocenters. The average Bonchev–Trinajstić information content (AvgIpc) is 2.52. The molecule has 0 saturated heterocycles. The van der Waals surface area contributed by atoms with Crippen molar-refractivity contribution >= 4 is 17.5 Å². The number of hydrogen-bond acceptors (Lipinski definition) is 3. The van der Waals surface area contributed by atoms with E-state index in [1.54, 1.807) is 6.20 Å². The Kier molecular flexibility index (Phi) is 3.64. The third-order valence-corrected chi connectivity index (χ3v) is 3.49. The number of hydrogen-bond donors (Lipinski definition) is 2. The number of carbonyl (C=O) groups is 2. The second-order valence-electron chi connectivity index (χ2n) is 4.93. The van der Waals surface area contributed by atoms with Gasteiger partial charge in [0.15, 0.2) is 0 Å². The number of nitrogens with one attached hydrogen (secondary N) is 2. The van der Waals surface area contributed by atoms with Gasteiger partial charge in [0.1, 0.15) is 0 Å². The van der Waals surface area contributed by atoms with Crippen molar-refractivity contribution in [1.29, 1.82) is 0 Å². The van der Waals surface area contributed by atoms with Gasteiger partial charge in [0.2, 0.25) is 11.8 Å². The summed E-state index contributed by atoms with van der Waals surface area (Å²) in [5.74, 6) is -0.728. The summed E-state index contributed by atoms with van der Waals surface area (Å²) in [7, 11) is 0. The van der Waals surface area contributed by atoms with Crippen LogP contribution in [0.3, 0.4) is 0 Å². The minimum Gasteiger partial charge on any atom is -0.350 e. The minimum atomic E-state index is -0.446. The fourth-order valence-corrected chi connectivity index (χ4v) is 2.45. The van der Waals surface area contributed by atoms with Crippen LogP contribution in [-0.2, 0) is 16.1 Å². The lowest BCUT2D eigenvalue weighted by Crippen LogP contribution is -2.34. The number of fused-ring (bicyclic) bond motifs is 1. The van der Waals surface area contributed by atoms with Gasteiger partial charge >= 0.3 is 0 Å². The molecule has 5 nitrogen and oxygen atoms in total. The third kappa shape index (κ3) is 2.91.